The van der Waals surface area contributed by atoms with E-state index in [0.29, 0.717) is 5.78 Å². The lowest BCUT2D eigenvalue weighted by Crippen LogP contribution is -2.76. The standard InChI is InChI=1S/C18H23BrN2O2/c1-4-18-10-20-8-17(2,16(18)22)9-21(11-18)15(20)13-7-12(19)5-6-14(13)23-3/h5-7,15H,4,8-11H2,1-3H3. The van der Waals surface area contributed by atoms with E-state index >= 15 is 0 Å². The fourth-order valence-electron chi connectivity index (χ4n) is 5.07. The minimum Gasteiger partial charge on any atom is -0.496 e. The summed E-state index contributed by atoms with van der Waals surface area (Å²) in [5.41, 5.74) is 0.798. The first-order valence-electron chi connectivity index (χ1n) is 8.29. The van der Waals surface area contributed by atoms with E-state index in [1.54, 1.807) is 7.11 Å². The van der Waals surface area contributed by atoms with Crippen LogP contribution in [0.2, 0.25) is 0 Å². The van der Waals surface area contributed by atoms with E-state index < -0.39 is 0 Å². The summed E-state index contributed by atoms with van der Waals surface area (Å²) in [5, 5.41) is 0. The highest BCUT2D eigenvalue weighted by Gasteiger charge is 2.63. The Morgan fingerprint density at radius 1 is 1.26 bits per heavy atom. The molecule has 4 saturated heterocycles. The summed E-state index contributed by atoms with van der Waals surface area (Å²) in [7, 11) is 1.73. The Labute approximate surface area is 145 Å². The average Bonchev–Trinajstić information content (AvgIpc) is 2.51. The lowest BCUT2D eigenvalue weighted by molar-refractivity contribution is -0.200. The van der Waals surface area contributed by atoms with Gasteiger partial charge in [-0.05, 0) is 24.6 Å². The monoisotopic (exact) mass is 378 g/mol. The van der Waals surface area contributed by atoms with Gasteiger partial charge in [0.1, 0.15) is 11.5 Å². The zero-order valence-electron chi connectivity index (χ0n) is 13.9. The molecule has 0 N–H and O–H groups in total. The number of nitrogens with zero attached hydrogens (tertiary/aromatic N) is 2. The summed E-state index contributed by atoms with van der Waals surface area (Å²) < 4.78 is 6.68. The molecular formula is C18H23BrN2O2. The molecule has 4 heterocycles. The first-order valence-corrected chi connectivity index (χ1v) is 9.08. The van der Waals surface area contributed by atoms with Gasteiger partial charge in [0.15, 0.2) is 0 Å². The Hall–Kier alpha value is -0.910. The van der Waals surface area contributed by atoms with Crippen LogP contribution in [0.5, 0.6) is 5.75 Å². The molecule has 2 atom stereocenters. The zero-order chi connectivity index (χ0) is 16.4. The maximum Gasteiger partial charge on any atom is 0.150 e. The number of ketones is 1. The fraction of sp³-hybridized carbons (Fsp3) is 0.611. The molecule has 124 valence electrons. The van der Waals surface area contributed by atoms with Gasteiger partial charge in [0.2, 0.25) is 0 Å². The predicted molar refractivity (Wildman–Crippen MR) is 92.4 cm³/mol. The number of halogens is 1. The van der Waals surface area contributed by atoms with Gasteiger partial charge < -0.3 is 4.74 Å². The van der Waals surface area contributed by atoms with E-state index in [2.05, 4.69) is 45.6 Å². The number of carbonyl (C=O) groups is 1. The summed E-state index contributed by atoms with van der Waals surface area (Å²) in [5.74, 6) is 1.41. The Morgan fingerprint density at radius 2 is 1.91 bits per heavy atom. The Balaban J connectivity index is 1.78. The van der Waals surface area contributed by atoms with Crippen LogP contribution >= 0.6 is 15.9 Å². The summed E-state index contributed by atoms with van der Waals surface area (Å²) in [6.07, 6.45) is 1.14. The number of benzene rings is 1. The molecule has 5 rings (SSSR count). The van der Waals surface area contributed by atoms with Crippen molar-refractivity contribution in [3.8, 4) is 5.75 Å². The molecule has 1 aromatic carbocycles. The van der Waals surface area contributed by atoms with E-state index in [9.17, 15) is 4.79 Å². The van der Waals surface area contributed by atoms with Crippen molar-refractivity contribution in [3.05, 3.63) is 28.2 Å². The molecule has 4 nitrogen and oxygen atoms in total. The molecule has 4 aliphatic heterocycles. The van der Waals surface area contributed by atoms with Gasteiger partial charge in [-0.1, -0.05) is 29.8 Å². The fourth-order valence-corrected chi connectivity index (χ4v) is 5.45. The van der Waals surface area contributed by atoms with Gasteiger partial charge in [-0.25, -0.2) is 0 Å². The van der Waals surface area contributed by atoms with Crippen molar-refractivity contribution in [3.63, 3.8) is 0 Å². The topological polar surface area (TPSA) is 32.8 Å². The number of rotatable bonds is 3. The van der Waals surface area contributed by atoms with Crippen LogP contribution in [-0.2, 0) is 4.79 Å². The summed E-state index contributed by atoms with van der Waals surface area (Å²) in [6.45, 7) is 7.75. The van der Waals surface area contributed by atoms with Crippen LogP contribution in [0.15, 0.2) is 22.7 Å². The third kappa shape index (κ3) is 2.06. The number of ether oxygens (including phenoxy) is 1. The second-order valence-corrected chi connectivity index (χ2v) is 8.51. The predicted octanol–water partition coefficient (Wildman–Crippen LogP) is 3.07. The highest BCUT2D eigenvalue weighted by Crippen LogP contribution is 2.54. The first kappa shape index (κ1) is 15.6. The quantitative estimate of drug-likeness (QED) is 0.808. The summed E-state index contributed by atoms with van der Waals surface area (Å²) in [6, 6.07) is 6.20. The maximum absolute atomic E-state index is 13.0. The van der Waals surface area contributed by atoms with Gasteiger partial charge in [-0.15, -0.1) is 0 Å². The number of piperidine rings is 2. The Morgan fingerprint density at radius 3 is 2.48 bits per heavy atom. The van der Waals surface area contributed by atoms with Crippen molar-refractivity contribution in [1.29, 1.82) is 0 Å². The molecule has 0 aliphatic carbocycles. The maximum atomic E-state index is 13.0. The van der Waals surface area contributed by atoms with Crippen LogP contribution in [0.1, 0.15) is 32.0 Å². The SMILES string of the molecule is CCC12CN3CC(C)(CN(C1)C3c1cc(Br)ccc1OC)C2=O. The normalized spacial score (nSPS) is 41.4. The van der Waals surface area contributed by atoms with Crippen LogP contribution in [0, 0.1) is 10.8 Å². The van der Waals surface area contributed by atoms with E-state index in [4.69, 9.17) is 4.74 Å². The largest absolute Gasteiger partial charge is 0.496 e. The second-order valence-electron chi connectivity index (χ2n) is 7.59. The summed E-state index contributed by atoms with van der Waals surface area (Å²) in [4.78, 5) is 18.0. The highest BCUT2D eigenvalue weighted by atomic mass is 79.9. The molecule has 1 aromatic rings. The van der Waals surface area contributed by atoms with Crippen molar-refractivity contribution in [2.24, 2.45) is 10.8 Å². The van der Waals surface area contributed by atoms with Crippen molar-refractivity contribution in [1.82, 2.24) is 9.80 Å². The molecule has 0 aromatic heterocycles. The molecular weight excluding hydrogens is 356 g/mol. The zero-order valence-corrected chi connectivity index (χ0v) is 15.5. The van der Waals surface area contributed by atoms with Crippen LogP contribution in [0.4, 0.5) is 0 Å². The smallest absolute Gasteiger partial charge is 0.150 e. The molecule has 4 fully saturated rings. The van der Waals surface area contributed by atoms with E-state index in [1.807, 2.05) is 12.1 Å². The van der Waals surface area contributed by atoms with Crippen molar-refractivity contribution < 1.29 is 9.53 Å². The van der Waals surface area contributed by atoms with Crippen molar-refractivity contribution in [2.45, 2.75) is 26.4 Å². The molecule has 5 heteroatoms. The lowest BCUT2D eigenvalue weighted by Gasteiger charge is -2.65. The summed E-state index contributed by atoms with van der Waals surface area (Å²) >= 11 is 3.59. The first-order chi connectivity index (χ1) is 10.9. The minimum atomic E-state index is -0.220. The van der Waals surface area contributed by atoms with Gasteiger partial charge in [0, 0.05) is 36.2 Å². The van der Waals surface area contributed by atoms with Crippen LogP contribution in [0.3, 0.4) is 0 Å². The van der Waals surface area contributed by atoms with E-state index in [1.165, 1.54) is 5.56 Å². The molecule has 0 radical (unpaired) electrons. The molecule has 0 saturated carbocycles. The third-order valence-corrected chi connectivity index (χ3v) is 6.48. The van der Waals surface area contributed by atoms with Crippen molar-refractivity contribution >= 4 is 21.7 Å². The van der Waals surface area contributed by atoms with Gasteiger partial charge >= 0.3 is 0 Å². The molecule has 0 spiro atoms. The number of carbonyl (C=O) groups excluding carboxylic acids is 1. The molecule has 4 aliphatic rings. The molecule has 2 unspecified atom stereocenters. The molecule has 23 heavy (non-hydrogen) atoms. The van der Waals surface area contributed by atoms with Crippen LogP contribution in [-0.4, -0.2) is 48.9 Å². The van der Waals surface area contributed by atoms with E-state index in [0.717, 1.165) is 42.8 Å². The van der Waals surface area contributed by atoms with Crippen LogP contribution < -0.4 is 4.74 Å². The highest BCUT2D eigenvalue weighted by molar-refractivity contribution is 9.10. The third-order valence-electron chi connectivity index (χ3n) is 5.98. The Bertz CT molecular complexity index is 659. The van der Waals surface area contributed by atoms with Gasteiger partial charge in [-0.2, -0.15) is 0 Å². The number of Topliss-reactive ketones (excluding diaryl/α,β-unsaturated/α-hetero) is 1. The second kappa shape index (κ2) is 5.04. The van der Waals surface area contributed by atoms with Gasteiger partial charge in [-0.3, -0.25) is 14.6 Å². The van der Waals surface area contributed by atoms with Crippen LogP contribution in [0.25, 0.3) is 0 Å². The van der Waals surface area contributed by atoms with Gasteiger partial charge in [0.25, 0.3) is 0 Å². The van der Waals surface area contributed by atoms with E-state index in [-0.39, 0.29) is 17.0 Å². The minimum absolute atomic E-state index is 0.180. The molecule has 0 amide bonds. The van der Waals surface area contributed by atoms with Gasteiger partial charge in [0.05, 0.1) is 24.1 Å². The number of methoxy groups -OCH3 is 1. The van der Waals surface area contributed by atoms with Crippen molar-refractivity contribution in [2.75, 3.05) is 33.3 Å². The number of hydrogen-bond donors (Lipinski definition) is 0. The number of hydrogen-bond acceptors (Lipinski definition) is 4. The lowest BCUT2D eigenvalue weighted by atomic mass is 9.60. The Kier molecular flexibility index (Phi) is 3.42. The molecule has 4 bridgehead atoms. The average molecular weight is 379 g/mol.